The van der Waals surface area contributed by atoms with E-state index in [1.807, 2.05) is 0 Å². The van der Waals surface area contributed by atoms with Gasteiger partial charge in [0.05, 0.1) is 6.61 Å². The lowest BCUT2D eigenvalue weighted by molar-refractivity contribution is -0.137. The molecule has 0 bridgehead atoms. The van der Waals surface area contributed by atoms with Gasteiger partial charge < -0.3 is 21.5 Å². The van der Waals surface area contributed by atoms with Gasteiger partial charge in [-0.1, -0.05) is 6.92 Å². The van der Waals surface area contributed by atoms with Crippen molar-refractivity contribution in [3.63, 3.8) is 0 Å². The Hall–Kier alpha value is -0.650. The molecule has 2 atom stereocenters. The summed E-state index contributed by atoms with van der Waals surface area (Å²) in [6.07, 6.45) is 0.900. The maximum Gasteiger partial charge on any atom is 0.244 e. The van der Waals surface area contributed by atoms with E-state index < -0.39 is 5.54 Å². The Bertz CT molecular complexity index is 255. The van der Waals surface area contributed by atoms with Crippen LogP contribution >= 0.6 is 0 Å². The molecular formula is C10H21N3O2. The minimum atomic E-state index is -1.17. The first-order valence-corrected chi connectivity index (χ1v) is 5.24. The number of nitrogens with two attached hydrogens (primary N) is 2. The highest BCUT2D eigenvalue weighted by Gasteiger charge is 2.40. The molecule has 0 unspecified atom stereocenters. The smallest absolute Gasteiger partial charge is 0.244 e. The number of aliphatic hydroxyl groups excluding tert-OH is 1. The van der Waals surface area contributed by atoms with E-state index in [-0.39, 0.29) is 17.9 Å². The zero-order valence-electron chi connectivity index (χ0n) is 9.49. The Morgan fingerprint density at radius 1 is 1.67 bits per heavy atom. The third-order valence-electron chi connectivity index (χ3n) is 3.15. The lowest BCUT2D eigenvalue weighted by Crippen LogP contribution is -2.55. The highest BCUT2D eigenvalue weighted by atomic mass is 16.3. The zero-order valence-corrected chi connectivity index (χ0v) is 9.49. The van der Waals surface area contributed by atoms with Crippen LogP contribution in [0.1, 0.15) is 20.3 Å². The van der Waals surface area contributed by atoms with Crippen LogP contribution in [0.2, 0.25) is 0 Å². The quantitative estimate of drug-likeness (QED) is 0.557. The molecule has 5 N–H and O–H groups in total. The molecule has 1 fully saturated rings. The number of carbonyl (C=O) groups excluding carboxylic acids is 1. The molecule has 1 saturated heterocycles. The van der Waals surface area contributed by atoms with Crippen LogP contribution in [0.25, 0.3) is 0 Å². The van der Waals surface area contributed by atoms with Gasteiger partial charge in [-0.25, -0.2) is 0 Å². The van der Waals surface area contributed by atoms with Gasteiger partial charge in [-0.05, 0) is 25.3 Å². The van der Waals surface area contributed by atoms with Crippen molar-refractivity contribution in [2.24, 2.45) is 16.9 Å². The summed E-state index contributed by atoms with van der Waals surface area (Å²) in [6.45, 7) is 5.16. The van der Waals surface area contributed by atoms with Crippen LogP contribution in [0.5, 0.6) is 0 Å². The van der Waals surface area contributed by atoms with Gasteiger partial charge in [0, 0.05) is 13.1 Å². The van der Waals surface area contributed by atoms with Crippen LogP contribution < -0.4 is 11.5 Å². The Balaban J connectivity index is 2.66. The molecule has 1 aliphatic heterocycles. The highest BCUT2D eigenvalue weighted by molar-refractivity contribution is 5.86. The van der Waals surface area contributed by atoms with E-state index in [0.29, 0.717) is 19.6 Å². The first kappa shape index (κ1) is 12.4. The first-order valence-electron chi connectivity index (χ1n) is 5.24. The Labute approximate surface area is 90.4 Å². The number of amides is 1. The Morgan fingerprint density at radius 2 is 2.27 bits per heavy atom. The third-order valence-corrected chi connectivity index (χ3v) is 3.15. The van der Waals surface area contributed by atoms with Crippen molar-refractivity contribution >= 4 is 5.91 Å². The van der Waals surface area contributed by atoms with E-state index in [4.69, 9.17) is 16.6 Å². The number of nitrogens with zero attached hydrogens (tertiary/aromatic N) is 1. The predicted molar refractivity (Wildman–Crippen MR) is 58.0 cm³/mol. The second kappa shape index (κ2) is 4.08. The molecule has 88 valence electrons. The minimum absolute atomic E-state index is 0.00119. The van der Waals surface area contributed by atoms with Crippen LogP contribution in [-0.2, 0) is 4.79 Å². The van der Waals surface area contributed by atoms with Gasteiger partial charge >= 0.3 is 0 Å². The van der Waals surface area contributed by atoms with Gasteiger partial charge in [-0.3, -0.25) is 4.79 Å². The van der Waals surface area contributed by atoms with Crippen LogP contribution in [0.4, 0.5) is 0 Å². The largest absolute Gasteiger partial charge is 0.394 e. The van der Waals surface area contributed by atoms with Crippen molar-refractivity contribution in [2.45, 2.75) is 25.8 Å². The first-order chi connectivity index (χ1) is 6.84. The number of rotatable bonds is 3. The normalized spacial score (nSPS) is 30.3. The second-order valence-corrected chi connectivity index (χ2v) is 5.07. The lowest BCUT2D eigenvalue weighted by Gasteiger charge is -2.29. The number of likely N-dealkylation sites (tertiary alicyclic amines) is 1. The zero-order chi connectivity index (χ0) is 11.7. The third kappa shape index (κ3) is 2.48. The molecule has 1 aliphatic rings. The van der Waals surface area contributed by atoms with Crippen molar-refractivity contribution < 1.29 is 9.90 Å². The summed E-state index contributed by atoms with van der Waals surface area (Å²) in [4.78, 5) is 13.6. The highest BCUT2D eigenvalue weighted by Crippen LogP contribution is 2.29. The molecule has 0 aromatic rings. The lowest BCUT2D eigenvalue weighted by atomic mass is 9.90. The molecule has 0 radical (unpaired) electrons. The number of hydrogen-bond donors (Lipinski definition) is 3. The maximum absolute atomic E-state index is 11.9. The van der Waals surface area contributed by atoms with Crippen LogP contribution in [0.3, 0.4) is 0 Å². The molecular weight excluding hydrogens is 194 g/mol. The molecule has 5 nitrogen and oxygen atoms in total. The fourth-order valence-corrected chi connectivity index (χ4v) is 1.79. The second-order valence-electron chi connectivity index (χ2n) is 5.07. The summed E-state index contributed by atoms with van der Waals surface area (Å²) in [5.74, 6) is -0.192. The average molecular weight is 215 g/mol. The van der Waals surface area contributed by atoms with Gasteiger partial charge in [-0.2, -0.15) is 0 Å². The fraction of sp³-hybridized carbons (Fsp3) is 0.900. The molecule has 0 saturated carbocycles. The van der Waals surface area contributed by atoms with Crippen LogP contribution in [0.15, 0.2) is 0 Å². The van der Waals surface area contributed by atoms with E-state index in [1.54, 1.807) is 11.8 Å². The molecule has 0 aromatic carbocycles. The van der Waals surface area contributed by atoms with Crippen molar-refractivity contribution in [3.8, 4) is 0 Å². The summed E-state index contributed by atoms with van der Waals surface area (Å²) < 4.78 is 0. The number of carbonyl (C=O) groups is 1. The Morgan fingerprint density at radius 3 is 2.67 bits per heavy atom. The molecule has 5 heteroatoms. The van der Waals surface area contributed by atoms with E-state index in [0.717, 1.165) is 6.42 Å². The summed E-state index contributed by atoms with van der Waals surface area (Å²) in [5, 5.41) is 9.01. The van der Waals surface area contributed by atoms with E-state index in [1.165, 1.54) is 0 Å². The van der Waals surface area contributed by atoms with Gasteiger partial charge in [0.1, 0.15) is 5.54 Å². The van der Waals surface area contributed by atoms with E-state index in [9.17, 15) is 4.79 Å². The molecule has 15 heavy (non-hydrogen) atoms. The van der Waals surface area contributed by atoms with Crippen molar-refractivity contribution in [3.05, 3.63) is 0 Å². The average Bonchev–Trinajstić information content (AvgIpc) is 2.60. The van der Waals surface area contributed by atoms with Crippen molar-refractivity contribution in [2.75, 3.05) is 26.2 Å². The summed E-state index contributed by atoms with van der Waals surface area (Å²) in [5.41, 5.74) is 10.2. The maximum atomic E-state index is 11.9. The molecule has 0 aromatic heterocycles. The molecule has 0 spiro atoms. The number of hydrogen-bond acceptors (Lipinski definition) is 4. The topological polar surface area (TPSA) is 92.6 Å². The SMILES string of the molecule is C[C@]1(CN)CCN(C(=O)[C@@](C)(N)CO)C1. The van der Waals surface area contributed by atoms with Crippen LogP contribution in [0, 0.1) is 5.41 Å². The fourth-order valence-electron chi connectivity index (χ4n) is 1.79. The summed E-state index contributed by atoms with van der Waals surface area (Å²) in [7, 11) is 0. The van der Waals surface area contributed by atoms with E-state index >= 15 is 0 Å². The predicted octanol–water partition coefficient (Wildman–Crippen LogP) is -1.11. The minimum Gasteiger partial charge on any atom is -0.394 e. The molecule has 1 rings (SSSR count). The van der Waals surface area contributed by atoms with Gasteiger partial charge in [-0.15, -0.1) is 0 Å². The molecule has 1 heterocycles. The van der Waals surface area contributed by atoms with Crippen LogP contribution in [-0.4, -0.2) is 47.7 Å². The number of aliphatic hydroxyl groups is 1. The summed E-state index contributed by atoms with van der Waals surface area (Å²) >= 11 is 0. The monoisotopic (exact) mass is 215 g/mol. The molecule has 1 amide bonds. The van der Waals surface area contributed by atoms with Gasteiger partial charge in [0.2, 0.25) is 5.91 Å². The van der Waals surface area contributed by atoms with Crippen molar-refractivity contribution in [1.82, 2.24) is 4.90 Å². The molecule has 0 aliphatic carbocycles. The van der Waals surface area contributed by atoms with Crippen molar-refractivity contribution in [1.29, 1.82) is 0 Å². The van der Waals surface area contributed by atoms with Gasteiger partial charge in [0.15, 0.2) is 0 Å². The van der Waals surface area contributed by atoms with E-state index in [2.05, 4.69) is 6.92 Å². The Kier molecular flexibility index (Phi) is 3.38. The van der Waals surface area contributed by atoms with Gasteiger partial charge in [0.25, 0.3) is 0 Å². The standard InChI is InChI=1S/C10H21N3O2/c1-9(5-11)3-4-13(6-9)8(15)10(2,12)7-14/h14H,3-7,11-12H2,1-2H3/t9-,10+/m1/s1. The summed E-state index contributed by atoms with van der Waals surface area (Å²) in [6, 6.07) is 0.